The summed E-state index contributed by atoms with van der Waals surface area (Å²) >= 11 is 1.73. The SMILES string of the molecule is CCCc1cc(-c2nc3c(s2)CCCO3)ccc1OCCCOc1ccc2c(c1)CC[C@H]2C(=O)O. The lowest BCUT2D eigenvalue weighted by molar-refractivity contribution is -0.138. The number of fused-ring (bicyclic) bond motifs is 2. The van der Waals surface area contributed by atoms with E-state index in [1.165, 1.54) is 10.4 Å². The summed E-state index contributed by atoms with van der Waals surface area (Å²) in [5.74, 6) is 1.39. The molecule has 6 nitrogen and oxygen atoms in total. The second-order valence-electron chi connectivity index (χ2n) is 9.11. The monoisotopic (exact) mass is 493 g/mol. The summed E-state index contributed by atoms with van der Waals surface area (Å²) in [6.45, 7) is 4.05. The summed E-state index contributed by atoms with van der Waals surface area (Å²) in [6.07, 6.45) is 6.32. The highest BCUT2D eigenvalue weighted by Gasteiger charge is 2.28. The fourth-order valence-electron chi connectivity index (χ4n) is 4.82. The molecular weight excluding hydrogens is 462 g/mol. The van der Waals surface area contributed by atoms with Crippen LogP contribution in [-0.2, 0) is 24.1 Å². The van der Waals surface area contributed by atoms with Gasteiger partial charge in [0.2, 0.25) is 5.88 Å². The summed E-state index contributed by atoms with van der Waals surface area (Å²) in [4.78, 5) is 17.3. The average Bonchev–Trinajstić information content (AvgIpc) is 3.49. The van der Waals surface area contributed by atoms with E-state index in [4.69, 9.17) is 19.2 Å². The van der Waals surface area contributed by atoms with Crippen LogP contribution in [0.1, 0.15) is 60.1 Å². The van der Waals surface area contributed by atoms with Crippen molar-refractivity contribution < 1.29 is 24.1 Å². The van der Waals surface area contributed by atoms with Gasteiger partial charge in [0.05, 0.1) is 30.6 Å². The molecule has 0 saturated heterocycles. The van der Waals surface area contributed by atoms with E-state index in [1.54, 1.807) is 11.3 Å². The first-order valence-corrected chi connectivity index (χ1v) is 13.3. The number of hydrogen-bond acceptors (Lipinski definition) is 6. The van der Waals surface area contributed by atoms with Crippen molar-refractivity contribution in [1.29, 1.82) is 0 Å². The van der Waals surface area contributed by atoms with Crippen LogP contribution in [0, 0.1) is 0 Å². The average molecular weight is 494 g/mol. The lowest BCUT2D eigenvalue weighted by Crippen LogP contribution is -2.08. The van der Waals surface area contributed by atoms with E-state index in [0.29, 0.717) is 19.6 Å². The minimum Gasteiger partial charge on any atom is -0.493 e. The van der Waals surface area contributed by atoms with Crippen molar-refractivity contribution in [2.45, 2.75) is 57.8 Å². The summed E-state index contributed by atoms with van der Waals surface area (Å²) < 4.78 is 17.8. The Kier molecular flexibility index (Phi) is 7.23. The highest BCUT2D eigenvalue weighted by Crippen LogP contribution is 2.37. The van der Waals surface area contributed by atoms with Gasteiger partial charge in [0, 0.05) is 12.0 Å². The highest BCUT2D eigenvalue weighted by molar-refractivity contribution is 7.15. The van der Waals surface area contributed by atoms with E-state index >= 15 is 0 Å². The first kappa shape index (κ1) is 23.7. The molecule has 0 radical (unpaired) electrons. The van der Waals surface area contributed by atoms with Gasteiger partial charge in [0.25, 0.3) is 0 Å². The lowest BCUT2D eigenvalue weighted by atomic mass is 10.0. The number of carboxylic acids is 1. The van der Waals surface area contributed by atoms with Gasteiger partial charge < -0.3 is 19.3 Å². The molecular formula is C28H31NO5S. The van der Waals surface area contributed by atoms with E-state index in [1.807, 2.05) is 18.2 Å². The maximum atomic E-state index is 11.4. The van der Waals surface area contributed by atoms with Crippen molar-refractivity contribution in [3.63, 3.8) is 0 Å². The van der Waals surface area contributed by atoms with Crippen molar-refractivity contribution in [3.05, 3.63) is 58.0 Å². The first-order chi connectivity index (χ1) is 17.1. The molecule has 1 N–H and O–H groups in total. The zero-order valence-corrected chi connectivity index (χ0v) is 20.9. The van der Waals surface area contributed by atoms with Crippen LogP contribution in [0.25, 0.3) is 10.6 Å². The van der Waals surface area contributed by atoms with Gasteiger partial charge in [0.15, 0.2) is 0 Å². The molecule has 7 heteroatoms. The summed E-state index contributed by atoms with van der Waals surface area (Å²) in [5, 5.41) is 10.3. The van der Waals surface area contributed by atoms with Crippen LogP contribution in [0.2, 0.25) is 0 Å². The zero-order valence-electron chi connectivity index (χ0n) is 20.0. The Morgan fingerprint density at radius 1 is 1.17 bits per heavy atom. The maximum absolute atomic E-state index is 11.4. The number of rotatable bonds is 10. The van der Waals surface area contributed by atoms with Crippen molar-refractivity contribution in [2.75, 3.05) is 19.8 Å². The van der Waals surface area contributed by atoms with Crippen LogP contribution in [0.3, 0.4) is 0 Å². The quantitative estimate of drug-likeness (QED) is 0.347. The summed E-state index contributed by atoms with van der Waals surface area (Å²) in [5.41, 5.74) is 4.33. The van der Waals surface area contributed by atoms with E-state index in [9.17, 15) is 9.90 Å². The van der Waals surface area contributed by atoms with Gasteiger partial charge in [0.1, 0.15) is 16.5 Å². The predicted octanol–water partition coefficient (Wildman–Crippen LogP) is 6.05. The van der Waals surface area contributed by atoms with Gasteiger partial charge in [-0.15, -0.1) is 11.3 Å². The molecule has 1 aromatic heterocycles. The number of aryl methyl sites for hydroxylation is 3. The molecule has 35 heavy (non-hydrogen) atoms. The third kappa shape index (κ3) is 5.30. The Morgan fingerprint density at radius 2 is 2.06 bits per heavy atom. The van der Waals surface area contributed by atoms with E-state index in [0.717, 1.165) is 84.2 Å². The number of carboxylic acid groups (broad SMARTS) is 1. The Labute approximate surface area is 209 Å². The Morgan fingerprint density at radius 3 is 2.89 bits per heavy atom. The summed E-state index contributed by atoms with van der Waals surface area (Å²) in [7, 11) is 0. The van der Waals surface area contributed by atoms with Crippen LogP contribution in [-0.4, -0.2) is 35.9 Å². The Hall–Kier alpha value is -3.06. The fourth-order valence-corrected chi connectivity index (χ4v) is 5.87. The molecule has 1 aliphatic heterocycles. The molecule has 2 aromatic carbocycles. The van der Waals surface area contributed by atoms with Crippen LogP contribution in [0.4, 0.5) is 0 Å². The molecule has 1 aliphatic carbocycles. The largest absolute Gasteiger partial charge is 0.493 e. The molecule has 0 saturated carbocycles. The molecule has 2 heterocycles. The molecule has 0 fully saturated rings. The number of aromatic nitrogens is 1. The zero-order chi connectivity index (χ0) is 24.2. The van der Waals surface area contributed by atoms with Crippen LogP contribution < -0.4 is 14.2 Å². The first-order valence-electron chi connectivity index (χ1n) is 12.5. The van der Waals surface area contributed by atoms with Gasteiger partial charge in [-0.2, -0.15) is 0 Å². The van der Waals surface area contributed by atoms with Gasteiger partial charge in [-0.1, -0.05) is 19.4 Å². The Bertz CT molecular complexity index is 1180. The number of aliphatic carboxylic acids is 1. The molecule has 0 amide bonds. The second-order valence-corrected chi connectivity index (χ2v) is 10.2. The second kappa shape index (κ2) is 10.7. The van der Waals surface area contributed by atoms with Crippen molar-refractivity contribution in [1.82, 2.24) is 4.98 Å². The van der Waals surface area contributed by atoms with Gasteiger partial charge in [-0.25, -0.2) is 4.98 Å². The third-order valence-electron chi connectivity index (χ3n) is 6.58. The number of ether oxygens (including phenoxy) is 3. The fraction of sp³-hybridized carbons (Fsp3) is 0.429. The minimum absolute atomic E-state index is 0.384. The standard InChI is InChI=1S/C28H31NO5S/c1-2-5-19-16-20(27-29-26-25(35-27)6-3-13-34-26)8-12-24(19)33-15-4-14-32-21-9-11-22-18(17-21)7-10-23(22)28(30)31/h8-9,11-12,16-17,23H,2-7,10,13-15H2,1H3,(H,30,31)/t23-/m1/s1. The third-order valence-corrected chi connectivity index (χ3v) is 7.73. The van der Waals surface area contributed by atoms with E-state index < -0.39 is 5.97 Å². The van der Waals surface area contributed by atoms with Crippen molar-refractivity contribution in [3.8, 4) is 28.0 Å². The lowest BCUT2D eigenvalue weighted by Gasteiger charge is -2.13. The van der Waals surface area contributed by atoms with Gasteiger partial charge >= 0.3 is 5.97 Å². The van der Waals surface area contributed by atoms with Crippen LogP contribution in [0.15, 0.2) is 36.4 Å². The number of hydrogen-bond donors (Lipinski definition) is 1. The molecule has 0 unspecified atom stereocenters. The summed E-state index contributed by atoms with van der Waals surface area (Å²) in [6, 6.07) is 12.1. The van der Waals surface area contributed by atoms with Crippen molar-refractivity contribution in [2.24, 2.45) is 0 Å². The normalized spacial score (nSPS) is 16.3. The number of thiazole rings is 1. The molecule has 0 spiro atoms. The number of benzene rings is 2. The predicted molar refractivity (Wildman–Crippen MR) is 136 cm³/mol. The van der Waals surface area contributed by atoms with Gasteiger partial charge in [-0.3, -0.25) is 4.79 Å². The topological polar surface area (TPSA) is 77.9 Å². The molecule has 1 atom stereocenters. The Balaban J connectivity index is 1.16. The highest BCUT2D eigenvalue weighted by atomic mass is 32.1. The molecule has 184 valence electrons. The smallest absolute Gasteiger partial charge is 0.310 e. The molecule has 5 rings (SSSR count). The molecule has 0 bridgehead atoms. The van der Waals surface area contributed by atoms with Crippen LogP contribution >= 0.6 is 11.3 Å². The molecule has 3 aromatic rings. The van der Waals surface area contributed by atoms with E-state index in [-0.39, 0.29) is 5.92 Å². The molecule has 2 aliphatic rings. The van der Waals surface area contributed by atoms with E-state index in [2.05, 4.69) is 25.1 Å². The minimum atomic E-state index is -0.746. The maximum Gasteiger partial charge on any atom is 0.310 e. The van der Waals surface area contributed by atoms with Crippen LogP contribution in [0.5, 0.6) is 17.4 Å². The number of nitrogens with zero attached hydrogens (tertiary/aromatic N) is 1. The van der Waals surface area contributed by atoms with Crippen molar-refractivity contribution >= 4 is 17.3 Å². The van der Waals surface area contributed by atoms with Gasteiger partial charge in [-0.05, 0) is 79.1 Å². The number of carbonyl (C=O) groups is 1.